The van der Waals surface area contributed by atoms with Gasteiger partial charge in [0.15, 0.2) is 5.84 Å². The zero-order chi connectivity index (χ0) is 15.1. The molecule has 2 aromatic carbocycles. The van der Waals surface area contributed by atoms with Gasteiger partial charge in [0.2, 0.25) is 0 Å². The number of hydrogen-bond donors (Lipinski definition) is 2. The Morgan fingerprint density at radius 1 is 1.05 bits per heavy atom. The summed E-state index contributed by atoms with van der Waals surface area (Å²) in [5.74, 6) is 1.33. The third kappa shape index (κ3) is 4.39. The fourth-order valence-electron chi connectivity index (χ4n) is 1.70. The first kappa shape index (κ1) is 15.2. The van der Waals surface area contributed by atoms with Gasteiger partial charge in [0.25, 0.3) is 0 Å². The van der Waals surface area contributed by atoms with Gasteiger partial charge in [0.05, 0.1) is 5.56 Å². The van der Waals surface area contributed by atoms with Crippen LogP contribution < -0.4 is 15.2 Å². The SMILES string of the molecule is NC(=NO)c1ccccc1OCCOc1ccc(Br)cc1. The molecule has 0 saturated carbocycles. The summed E-state index contributed by atoms with van der Waals surface area (Å²) in [7, 11) is 0. The topological polar surface area (TPSA) is 77.1 Å². The molecule has 0 saturated heterocycles. The molecule has 0 bridgehead atoms. The fraction of sp³-hybridized carbons (Fsp3) is 0.133. The summed E-state index contributed by atoms with van der Waals surface area (Å²) in [6, 6.07) is 14.6. The van der Waals surface area contributed by atoms with E-state index in [2.05, 4.69) is 21.1 Å². The second-order valence-electron chi connectivity index (χ2n) is 4.13. The van der Waals surface area contributed by atoms with Crippen LogP contribution in [0.3, 0.4) is 0 Å². The summed E-state index contributed by atoms with van der Waals surface area (Å²) in [4.78, 5) is 0. The number of nitrogens with two attached hydrogens (primary N) is 1. The molecule has 5 nitrogen and oxygen atoms in total. The Bertz CT molecular complexity index is 615. The van der Waals surface area contributed by atoms with Crippen LogP contribution in [0.2, 0.25) is 0 Å². The van der Waals surface area contributed by atoms with E-state index < -0.39 is 0 Å². The van der Waals surface area contributed by atoms with Crippen molar-refractivity contribution in [3.63, 3.8) is 0 Å². The summed E-state index contributed by atoms with van der Waals surface area (Å²) < 4.78 is 12.2. The standard InChI is InChI=1S/C15H15BrN2O3/c16-11-5-7-12(8-6-11)20-9-10-21-14-4-2-1-3-13(14)15(17)18-19/h1-8,19H,9-10H2,(H2,17,18). The number of para-hydroxylation sites is 1. The smallest absolute Gasteiger partial charge is 0.173 e. The first-order chi connectivity index (χ1) is 10.2. The van der Waals surface area contributed by atoms with Crippen LogP contribution in [-0.4, -0.2) is 24.3 Å². The third-order valence-corrected chi connectivity index (χ3v) is 3.22. The van der Waals surface area contributed by atoms with E-state index in [1.165, 1.54) is 0 Å². The Hall–Kier alpha value is -2.21. The lowest BCUT2D eigenvalue weighted by molar-refractivity contribution is 0.217. The maximum absolute atomic E-state index is 8.73. The monoisotopic (exact) mass is 350 g/mol. The molecule has 3 N–H and O–H groups in total. The number of rotatable bonds is 6. The molecule has 21 heavy (non-hydrogen) atoms. The van der Waals surface area contributed by atoms with Crippen LogP contribution in [0.5, 0.6) is 11.5 Å². The lowest BCUT2D eigenvalue weighted by Gasteiger charge is -2.11. The molecule has 0 aliphatic carbocycles. The summed E-state index contributed by atoms with van der Waals surface area (Å²) in [5, 5.41) is 11.7. The Labute approximate surface area is 131 Å². The molecule has 0 unspecified atom stereocenters. The molecule has 0 aliphatic heterocycles. The average Bonchev–Trinajstić information content (AvgIpc) is 2.53. The molecule has 0 amide bonds. The largest absolute Gasteiger partial charge is 0.490 e. The zero-order valence-corrected chi connectivity index (χ0v) is 12.8. The lowest BCUT2D eigenvalue weighted by Crippen LogP contribution is -2.16. The highest BCUT2D eigenvalue weighted by Crippen LogP contribution is 2.18. The predicted octanol–water partition coefficient (Wildman–Crippen LogP) is 3.00. The van der Waals surface area contributed by atoms with Crippen LogP contribution in [0.4, 0.5) is 0 Å². The van der Waals surface area contributed by atoms with Gasteiger partial charge in [-0.1, -0.05) is 33.2 Å². The Balaban J connectivity index is 1.88. The van der Waals surface area contributed by atoms with Crippen molar-refractivity contribution >= 4 is 21.8 Å². The first-order valence-corrected chi connectivity index (χ1v) is 7.08. The number of ether oxygens (including phenoxy) is 2. The first-order valence-electron chi connectivity index (χ1n) is 6.29. The Morgan fingerprint density at radius 2 is 1.71 bits per heavy atom. The normalized spacial score (nSPS) is 11.2. The van der Waals surface area contributed by atoms with Crippen molar-refractivity contribution in [2.75, 3.05) is 13.2 Å². The molecule has 0 fully saturated rings. The quantitative estimate of drug-likeness (QED) is 0.276. The number of amidine groups is 1. The van der Waals surface area contributed by atoms with Gasteiger partial charge in [-0.2, -0.15) is 0 Å². The van der Waals surface area contributed by atoms with E-state index in [0.717, 1.165) is 10.2 Å². The van der Waals surface area contributed by atoms with Crippen molar-refractivity contribution < 1.29 is 14.7 Å². The average molecular weight is 351 g/mol. The number of halogens is 1. The van der Waals surface area contributed by atoms with Crippen LogP contribution in [0.15, 0.2) is 58.2 Å². The van der Waals surface area contributed by atoms with Crippen LogP contribution in [0, 0.1) is 0 Å². The minimum Gasteiger partial charge on any atom is -0.490 e. The van der Waals surface area contributed by atoms with Crippen LogP contribution >= 0.6 is 15.9 Å². The van der Waals surface area contributed by atoms with E-state index in [0.29, 0.717) is 24.5 Å². The molecule has 0 aliphatic rings. The molecule has 2 rings (SSSR count). The molecule has 110 valence electrons. The second-order valence-corrected chi connectivity index (χ2v) is 5.05. The molecule has 0 spiro atoms. The Kier molecular flexibility index (Phi) is 5.45. The minimum atomic E-state index is 0.0134. The summed E-state index contributed by atoms with van der Waals surface area (Å²) >= 11 is 3.36. The highest BCUT2D eigenvalue weighted by Gasteiger charge is 2.07. The molecule has 0 radical (unpaired) electrons. The second kappa shape index (κ2) is 7.54. The van der Waals surface area contributed by atoms with E-state index in [-0.39, 0.29) is 5.84 Å². The van der Waals surface area contributed by atoms with Crippen molar-refractivity contribution in [1.29, 1.82) is 0 Å². The minimum absolute atomic E-state index is 0.0134. The molecule has 2 aromatic rings. The van der Waals surface area contributed by atoms with E-state index in [1.807, 2.05) is 30.3 Å². The van der Waals surface area contributed by atoms with Crippen LogP contribution in [-0.2, 0) is 0 Å². The van der Waals surface area contributed by atoms with Crippen molar-refractivity contribution in [2.45, 2.75) is 0 Å². The molecule has 0 aromatic heterocycles. The van der Waals surface area contributed by atoms with Crippen LogP contribution in [0.1, 0.15) is 5.56 Å². The van der Waals surface area contributed by atoms with Gasteiger partial charge < -0.3 is 20.4 Å². The molecular weight excluding hydrogens is 336 g/mol. The van der Waals surface area contributed by atoms with E-state index >= 15 is 0 Å². The summed E-state index contributed by atoms with van der Waals surface area (Å²) in [6.45, 7) is 0.748. The molecule has 6 heteroatoms. The summed E-state index contributed by atoms with van der Waals surface area (Å²) in [6.07, 6.45) is 0. The molecule has 0 heterocycles. The van der Waals surface area contributed by atoms with Gasteiger partial charge in [-0.05, 0) is 36.4 Å². The van der Waals surface area contributed by atoms with Gasteiger partial charge in [-0.25, -0.2) is 0 Å². The van der Waals surface area contributed by atoms with E-state index in [9.17, 15) is 0 Å². The van der Waals surface area contributed by atoms with Crippen molar-refractivity contribution in [3.8, 4) is 11.5 Å². The summed E-state index contributed by atoms with van der Waals surface area (Å²) in [5.41, 5.74) is 6.13. The lowest BCUT2D eigenvalue weighted by atomic mass is 10.2. The van der Waals surface area contributed by atoms with Crippen molar-refractivity contribution in [2.24, 2.45) is 10.9 Å². The maximum atomic E-state index is 8.73. The zero-order valence-electron chi connectivity index (χ0n) is 11.2. The maximum Gasteiger partial charge on any atom is 0.173 e. The van der Waals surface area contributed by atoms with Gasteiger partial charge >= 0.3 is 0 Å². The van der Waals surface area contributed by atoms with Crippen LogP contribution in [0.25, 0.3) is 0 Å². The highest BCUT2D eigenvalue weighted by molar-refractivity contribution is 9.10. The predicted molar refractivity (Wildman–Crippen MR) is 84.1 cm³/mol. The van der Waals surface area contributed by atoms with Gasteiger partial charge in [-0.15, -0.1) is 0 Å². The van der Waals surface area contributed by atoms with Crippen molar-refractivity contribution in [1.82, 2.24) is 0 Å². The Morgan fingerprint density at radius 3 is 2.43 bits per heavy atom. The molecule has 0 atom stereocenters. The third-order valence-electron chi connectivity index (χ3n) is 2.69. The van der Waals surface area contributed by atoms with Gasteiger partial charge in [0, 0.05) is 4.47 Å². The van der Waals surface area contributed by atoms with Gasteiger partial charge in [0.1, 0.15) is 24.7 Å². The number of oxime groups is 1. The highest BCUT2D eigenvalue weighted by atomic mass is 79.9. The fourth-order valence-corrected chi connectivity index (χ4v) is 1.96. The van der Waals surface area contributed by atoms with Gasteiger partial charge in [-0.3, -0.25) is 0 Å². The van der Waals surface area contributed by atoms with E-state index in [4.69, 9.17) is 20.4 Å². The van der Waals surface area contributed by atoms with E-state index in [1.54, 1.807) is 18.2 Å². The number of nitrogens with zero attached hydrogens (tertiary/aromatic N) is 1. The molecular formula is C15H15BrN2O3. The number of benzene rings is 2. The van der Waals surface area contributed by atoms with Crippen molar-refractivity contribution in [3.05, 3.63) is 58.6 Å². The number of hydrogen-bond acceptors (Lipinski definition) is 4.